The highest BCUT2D eigenvalue weighted by Gasteiger charge is 2.51. The van der Waals surface area contributed by atoms with Gasteiger partial charge in [0, 0.05) is 0 Å². The first kappa shape index (κ1) is 18.7. The van der Waals surface area contributed by atoms with Gasteiger partial charge in [0.05, 0.1) is 5.41 Å². The van der Waals surface area contributed by atoms with Gasteiger partial charge in [-0.1, -0.05) is 114 Å². The molecule has 0 nitrogen and oxygen atoms in total. The van der Waals surface area contributed by atoms with Gasteiger partial charge in [0.2, 0.25) is 0 Å². The average molecular weight is 421 g/mol. The monoisotopic (exact) mass is 420 g/mol. The van der Waals surface area contributed by atoms with Crippen molar-refractivity contribution >= 4 is 0 Å². The van der Waals surface area contributed by atoms with Crippen LogP contribution in [0.5, 0.6) is 0 Å². The van der Waals surface area contributed by atoms with Gasteiger partial charge in [-0.25, -0.2) is 0 Å². The molecule has 0 unspecified atom stereocenters. The van der Waals surface area contributed by atoms with Crippen LogP contribution in [-0.4, -0.2) is 0 Å². The zero-order valence-corrected chi connectivity index (χ0v) is 18.9. The number of benzene rings is 5. The first-order valence-corrected chi connectivity index (χ1v) is 11.7. The summed E-state index contributed by atoms with van der Waals surface area (Å²) in [5.74, 6) is 0. The van der Waals surface area contributed by atoms with Crippen LogP contribution in [0.2, 0.25) is 0 Å². The van der Waals surface area contributed by atoms with Crippen molar-refractivity contribution in [3.8, 4) is 33.4 Å². The number of fused-ring (bicyclic) bond motifs is 10. The molecule has 0 amide bonds. The maximum Gasteiger partial charge on any atom is 0.0725 e. The van der Waals surface area contributed by atoms with Crippen LogP contribution in [0.4, 0.5) is 0 Å². The highest BCUT2D eigenvalue weighted by Crippen LogP contribution is 2.62. The Bertz CT molecular complexity index is 1520. The lowest BCUT2D eigenvalue weighted by Gasteiger charge is -2.30. The molecule has 0 bridgehead atoms. The van der Waals surface area contributed by atoms with Gasteiger partial charge in [-0.3, -0.25) is 0 Å². The van der Waals surface area contributed by atoms with Crippen LogP contribution in [0.3, 0.4) is 0 Å². The van der Waals surface area contributed by atoms with Crippen LogP contribution < -0.4 is 0 Å². The van der Waals surface area contributed by atoms with Gasteiger partial charge < -0.3 is 0 Å². The van der Waals surface area contributed by atoms with Crippen LogP contribution in [0.1, 0.15) is 33.4 Å². The average Bonchev–Trinajstić information content (AvgIpc) is 3.31. The predicted octanol–water partition coefficient (Wildman–Crippen LogP) is 8.31. The summed E-state index contributed by atoms with van der Waals surface area (Å²) in [5.41, 5.74) is 16.0. The fourth-order valence-electron chi connectivity index (χ4n) is 6.42. The van der Waals surface area contributed by atoms with Crippen molar-refractivity contribution < 1.29 is 0 Å². The molecule has 1 spiro atoms. The Hall–Kier alpha value is -3.90. The first-order chi connectivity index (χ1) is 16.2. The Kier molecular flexibility index (Phi) is 3.71. The second kappa shape index (κ2) is 6.56. The van der Waals surface area contributed by atoms with Crippen LogP contribution in [0.25, 0.3) is 33.4 Å². The SMILES string of the molecule is Cc1cc(C)cc(-c2ccc3c(c2)-c2ccccc2C32c3ccccc3-c3ccccc32)c1. The minimum Gasteiger partial charge on any atom is -0.0619 e. The molecule has 0 heterocycles. The minimum absolute atomic E-state index is 0.250. The van der Waals surface area contributed by atoms with E-state index in [-0.39, 0.29) is 5.41 Å². The van der Waals surface area contributed by atoms with Gasteiger partial charge in [-0.05, 0) is 75.5 Å². The van der Waals surface area contributed by atoms with E-state index >= 15 is 0 Å². The molecule has 0 heteroatoms. The summed E-state index contributed by atoms with van der Waals surface area (Å²) in [6.45, 7) is 4.36. The quantitative estimate of drug-likeness (QED) is 0.250. The van der Waals surface area contributed by atoms with Crippen molar-refractivity contribution in [2.75, 3.05) is 0 Å². The van der Waals surface area contributed by atoms with Crippen molar-refractivity contribution in [1.29, 1.82) is 0 Å². The Morgan fingerprint density at radius 1 is 0.394 bits per heavy atom. The molecular formula is C33H24. The maximum absolute atomic E-state index is 2.42. The fourth-order valence-corrected chi connectivity index (χ4v) is 6.42. The Labute approximate surface area is 195 Å². The van der Waals surface area contributed by atoms with Gasteiger partial charge >= 0.3 is 0 Å². The largest absolute Gasteiger partial charge is 0.0725 e. The molecule has 5 aromatic rings. The highest BCUT2D eigenvalue weighted by atomic mass is 14.5. The number of hydrogen-bond acceptors (Lipinski definition) is 0. The molecule has 0 atom stereocenters. The third-order valence-electron chi connectivity index (χ3n) is 7.55. The third kappa shape index (κ3) is 2.36. The molecule has 0 N–H and O–H groups in total. The van der Waals surface area contributed by atoms with Crippen molar-refractivity contribution in [3.05, 3.63) is 143 Å². The van der Waals surface area contributed by atoms with E-state index in [2.05, 4.69) is 123 Å². The van der Waals surface area contributed by atoms with Gasteiger partial charge in [-0.2, -0.15) is 0 Å². The van der Waals surface area contributed by atoms with Gasteiger partial charge in [0.1, 0.15) is 0 Å². The van der Waals surface area contributed by atoms with E-state index in [1.165, 1.54) is 66.8 Å². The molecule has 0 radical (unpaired) electrons. The first-order valence-electron chi connectivity index (χ1n) is 11.7. The van der Waals surface area contributed by atoms with Crippen LogP contribution in [0, 0.1) is 13.8 Å². The Morgan fingerprint density at radius 3 is 1.39 bits per heavy atom. The zero-order chi connectivity index (χ0) is 22.2. The Morgan fingerprint density at radius 2 is 0.848 bits per heavy atom. The lowest BCUT2D eigenvalue weighted by Crippen LogP contribution is -2.25. The second-order valence-corrected chi connectivity index (χ2v) is 9.52. The Balaban J connectivity index is 1.58. The summed E-state index contributed by atoms with van der Waals surface area (Å²) in [6, 6.07) is 40.9. The third-order valence-corrected chi connectivity index (χ3v) is 7.55. The van der Waals surface area contributed by atoms with E-state index in [9.17, 15) is 0 Å². The summed E-state index contributed by atoms with van der Waals surface area (Å²) in [5, 5.41) is 0. The number of aryl methyl sites for hydroxylation is 2. The molecule has 0 saturated heterocycles. The standard InChI is InChI=1S/C33H24/c1-21-17-22(2)19-24(18-21)23-15-16-32-28(20-23)27-11-5-8-14-31(27)33(32)29-12-6-3-9-25(29)26-10-4-7-13-30(26)33/h3-20H,1-2H3. The lowest BCUT2D eigenvalue weighted by atomic mass is 9.70. The minimum atomic E-state index is -0.250. The molecule has 0 aliphatic heterocycles. The fraction of sp³-hybridized carbons (Fsp3) is 0.0909. The highest BCUT2D eigenvalue weighted by molar-refractivity contribution is 5.95. The molecule has 7 rings (SSSR count). The molecule has 156 valence electrons. The van der Waals surface area contributed by atoms with E-state index in [4.69, 9.17) is 0 Å². The van der Waals surface area contributed by atoms with E-state index < -0.39 is 0 Å². The molecule has 33 heavy (non-hydrogen) atoms. The van der Waals surface area contributed by atoms with Gasteiger partial charge in [0.25, 0.3) is 0 Å². The molecule has 0 saturated carbocycles. The summed E-state index contributed by atoms with van der Waals surface area (Å²) >= 11 is 0. The summed E-state index contributed by atoms with van der Waals surface area (Å²) in [6.07, 6.45) is 0. The van der Waals surface area contributed by atoms with E-state index in [1.807, 2.05) is 0 Å². The summed E-state index contributed by atoms with van der Waals surface area (Å²) in [7, 11) is 0. The molecule has 0 fully saturated rings. The topological polar surface area (TPSA) is 0 Å². The number of rotatable bonds is 1. The molecule has 5 aromatic carbocycles. The van der Waals surface area contributed by atoms with E-state index in [0.29, 0.717) is 0 Å². The van der Waals surface area contributed by atoms with Crippen LogP contribution in [0.15, 0.2) is 109 Å². The van der Waals surface area contributed by atoms with Gasteiger partial charge in [0.15, 0.2) is 0 Å². The van der Waals surface area contributed by atoms with Crippen molar-refractivity contribution in [1.82, 2.24) is 0 Å². The molecular weight excluding hydrogens is 396 g/mol. The predicted molar refractivity (Wildman–Crippen MR) is 138 cm³/mol. The summed E-state index contributed by atoms with van der Waals surface area (Å²) in [4.78, 5) is 0. The number of hydrogen-bond donors (Lipinski definition) is 0. The second-order valence-electron chi connectivity index (χ2n) is 9.52. The van der Waals surface area contributed by atoms with Crippen molar-refractivity contribution in [3.63, 3.8) is 0 Å². The van der Waals surface area contributed by atoms with E-state index in [1.54, 1.807) is 0 Å². The van der Waals surface area contributed by atoms with Crippen molar-refractivity contribution in [2.24, 2.45) is 0 Å². The normalized spacial score (nSPS) is 14.0. The van der Waals surface area contributed by atoms with Crippen LogP contribution >= 0.6 is 0 Å². The maximum atomic E-state index is 2.42. The molecule has 2 aliphatic rings. The lowest BCUT2D eigenvalue weighted by molar-refractivity contribution is 0.794. The molecule has 0 aromatic heterocycles. The zero-order valence-electron chi connectivity index (χ0n) is 18.9. The van der Waals surface area contributed by atoms with E-state index in [0.717, 1.165) is 0 Å². The molecule has 2 aliphatic carbocycles. The smallest absolute Gasteiger partial charge is 0.0619 e. The summed E-state index contributed by atoms with van der Waals surface area (Å²) < 4.78 is 0. The van der Waals surface area contributed by atoms with Crippen LogP contribution in [-0.2, 0) is 5.41 Å². The van der Waals surface area contributed by atoms with Crippen molar-refractivity contribution in [2.45, 2.75) is 19.3 Å². The van der Waals surface area contributed by atoms with Gasteiger partial charge in [-0.15, -0.1) is 0 Å².